The smallest absolute Gasteiger partial charge is 0.273 e. The molecule has 1 unspecified atom stereocenters. The van der Waals surface area contributed by atoms with Crippen LogP contribution in [-0.2, 0) is 17.9 Å². The summed E-state index contributed by atoms with van der Waals surface area (Å²) < 4.78 is 1.68. The fraction of sp³-hybridized carbons (Fsp3) is 0.524. The first kappa shape index (κ1) is 18.7. The van der Waals surface area contributed by atoms with E-state index in [0.717, 1.165) is 12.1 Å². The molecule has 1 saturated carbocycles. The van der Waals surface area contributed by atoms with Crippen molar-refractivity contribution in [2.45, 2.75) is 46.2 Å². The number of carbonyl (C=O) groups is 2. The summed E-state index contributed by atoms with van der Waals surface area (Å²) in [7, 11) is 0. The van der Waals surface area contributed by atoms with Crippen LogP contribution in [0.4, 0.5) is 0 Å². The number of hydrogen-bond donors (Lipinski definition) is 1. The van der Waals surface area contributed by atoms with Gasteiger partial charge in [-0.05, 0) is 49.3 Å². The number of likely N-dealkylation sites (tertiary alicyclic amines) is 1. The van der Waals surface area contributed by atoms with Crippen molar-refractivity contribution in [2.75, 3.05) is 13.1 Å². The molecule has 2 fully saturated rings. The van der Waals surface area contributed by atoms with Crippen molar-refractivity contribution >= 4 is 11.8 Å². The molecule has 1 aliphatic carbocycles. The highest BCUT2D eigenvalue weighted by Crippen LogP contribution is 2.27. The largest absolute Gasteiger partial charge is 0.350 e. The van der Waals surface area contributed by atoms with Gasteiger partial charge in [0, 0.05) is 38.5 Å². The van der Waals surface area contributed by atoms with Crippen molar-refractivity contribution in [2.24, 2.45) is 11.8 Å². The number of benzene rings is 1. The highest BCUT2D eigenvalue weighted by Gasteiger charge is 2.30. The second kappa shape index (κ2) is 7.73. The third-order valence-electron chi connectivity index (χ3n) is 5.70. The number of aromatic nitrogens is 3. The van der Waals surface area contributed by atoms with Gasteiger partial charge in [-0.1, -0.05) is 23.4 Å². The van der Waals surface area contributed by atoms with Gasteiger partial charge < -0.3 is 10.2 Å². The summed E-state index contributed by atoms with van der Waals surface area (Å²) in [6.07, 6.45) is 4.58. The van der Waals surface area contributed by atoms with E-state index in [0.29, 0.717) is 37.7 Å². The van der Waals surface area contributed by atoms with E-state index in [9.17, 15) is 9.59 Å². The molecular weight excluding hydrogens is 354 g/mol. The maximum Gasteiger partial charge on any atom is 0.273 e. The monoisotopic (exact) mass is 381 g/mol. The Hall–Kier alpha value is -2.70. The topological polar surface area (TPSA) is 80.1 Å². The minimum Gasteiger partial charge on any atom is -0.350 e. The SMILES string of the molecule is Cc1ccc(CN2CC(Cn3cc(C(=O)NCC4CC4)nn3)CC2=O)cc1C. The van der Waals surface area contributed by atoms with Crippen LogP contribution in [0.3, 0.4) is 0 Å². The van der Waals surface area contributed by atoms with Crippen LogP contribution in [0.2, 0.25) is 0 Å². The van der Waals surface area contributed by atoms with E-state index in [4.69, 9.17) is 0 Å². The van der Waals surface area contributed by atoms with Crippen LogP contribution in [-0.4, -0.2) is 44.8 Å². The second-order valence-corrected chi connectivity index (χ2v) is 8.24. The molecule has 28 heavy (non-hydrogen) atoms. The van der Waals surface area contributed by atoms with Gasteiger partial charge in [-0.3, -0.25) is 14.3 Å². The Morgan fingerprint density at radius 2 is 2.04 bits per heavy atom. The van der Waals surface area contributed by atoms with Crippen LogP contribution in [0.15, 0.2) is 24.4 Å². The number of aryl methyl sites for hydroxylation is 2. The van der Waals surface area contributed by atoms with E-state index in [1.807, 2.05) is 4.90 Å². The molecule has 1 aromatic carbocycles. The Kier molecular flexibility index (Phi) is 5.15. The Morgan fingerprint density at radius 1 is 1.21 bits per heavy atom. The highest BCUT2D eigenvalue weighted by atomic mass is 16.2. The van der Waals surface area contributed by atoms with Crippen LogP contribution < -0.4 is 5.32 Å². The van der Waals surface area contributed by atoms with Gasteiger partial charge in [0.15, 0.2) is 5.69 Å². The van der Waals surface area contributed by atoms with Crippen LogP contribution >= 0.6 is 0 Å². The molecule has 0 bridgehead atoms. The van der Waals surface area contributed by atoms with Crippen molar-refractivity contribution in [3.05, 3.63) is 46.8 Å². The summed E-state index contributed by atoms with van der Waals surface area (Å²) >= 11 is 0. The fourth-order valence-corrected chi connectivity index (χ4v) is 3.66. The third-order valence-corrected chi connectivity index (χ3v) is 5.70. The lowest BCUT2D eigenvalue weighted by Gasteiger charge is -2.17. The van der Waals surface area contributed by atoms with Crippen LogP contribution in [0.1, 0.15) is 46.4 Å². The zero-order valence-corrected chi connectivity index (χ0v) is 16.5. The van der Waals surface area contributed by atoms with E-state index >= 15 is 0 Å². The molecule has 1 atom stereocenters. The number of carbonyl (C=O) groups excluding carboxylic acids is 2. The second-order valence-electron chi connectivity index (χ2n) is 8.24. The molecule has 0 radical (unpaired) electrons. The van der Waals surface area contributed by atoms with Crippen molar-refractivity contribution in [3.63, 3.8) is 0 Å². The number of amides is 2. The van der Waals surface area contributed by atoms with Crippen molar-refractivity contribution < 1.29 is 9.59 Å². The van der Waals surface area contributed by atoms with Gasteiger partial charge >= 0.3 is 0 Å². The van der Waals surface area contributed by atoms with Gasteiger partial charge in [-0.25, -0.2) is 0 Å². The maximum absolute atomic E-state index is 12.4. The van der Waals surface area contributed by atoms with E-state index in [2.05, 4.69) is 47.7 Å². The first-order chi connectivity index (χ1) is 13.5. The first-order valence-electron chi connectivity index (χ1n) is 10.00. The summed E-state index contributed by atoms with van der Waals surface area (Å²) in [6.45, 7) is 6.84. The fourth-order valence-electron chi connectivity index (χ4n) is 3.66. The molecule has 2 heterocycles. The number of hydrogen-bond acceptors (Lipinski definition) is 4. The van der Waals surface area contributed by atoms with Crippen molar-refractivity contribution in [1.82, 2.24) is 25.2 Å². The molecule has 4 rings (SSSR count). The molecular formula is C21H27N5O2. The minimum absolute atomic E-state index is 0.169. The molecule has 2 aliphatic rings. The van der Waals surface area contributed by atoms with E-state index in [-0.39, 0.29) is 17.7 Å². The minimum atomic E-state index is -0.169. The molecule has 2 amide bonds. The predicted octanol–water partition coefficient (Wildman–Crippen LogP) is 2.08. The van der Waals surface area contributed by atoms with Gasteiger partial charge in [0.05, 0.1) is 6.20 Å². The Morgan fingerprint density at radius 3 is 2.79 bits per heavy atom. The number of rotatable bonds is 7. The lowest BCUT2D eigenvalue weighted by Crippen LogP contribution is -2.26. The summed E-state index contributed by atoms with van der Waals surface area (Å²) in [5, 5.41) is 11.0. The van der Waals surface area contributed by atoms with Crippen LogP contribution in [0.5, 0.6) is 0 Å². The summed E-state index contributed by atoms with van der Waals surface area (Å²) in [4.78, 5) is 26.4. The van der Waals surface area contributed by atoms with Crippen LogP contribution in [0, 0.1) is 25.7 Å². The number of nitrogens with zero attached hydrogens (tertiary/aromatic N) is 4. The molecule has 1 aliphatic heterocycles. The molecule has 7 nitrogen and oxygen atoms in total. The normalized spacial score (nSPS) is 19.3. The zero-order chi connectivity index (χ0) is 19.7. The summed E-state index contributed by atoms with van der Waals surface area (Å²) in [5.74, 6) is 0.817. The molecule has 1 saturated heterocycles. The van der Waals surface area contributed by atoms with Gasteiger partial charge in [0.1, 0.15) is 0 Å². The quantitative estimate of drug-likeness (QED) is 0.796. The van der Waals surface area contributed by atoms with E-state index < -0.39 is 0 Å². The van der Waals surface area contributed by atoms with Gasteiger partial charge in [0.2, 0.25) is 5.91 Å². The van der Waals surface area contributed by atoms with E-state index in [1.165, 1.54) is 24.0 Å². The number of nitrogens with one attached hydrogen (secondary N) is 1. The predicted molar refractivity (Wildman–Crippen MR) is 105 cm³/mol. The average Bonchev–Trinajstić information content (AvgIpc) is 3.28. The molecule has 0 spiro atoms. The molecule has 7 heteroatoms. The lowest BCUT2D eigenvalue weighted by atomic mass is 10.1. The lowest BCUT2D eigenvalue weighted by molar-refractivity contribution is -0.128. The highest BCUT2D eigenvalue weighted by molar-refractivity contribution is 5.91. The third kappa shape index (κ3) is 4.40. The summed E-state index contributed by atoms with van der Waals surface area (Å²) in [6, 6.07) is 6.35. The van der Waals surface area contributed by atoms with Gasteiger partial charge in [-0.2, -0.15) is 0 Å². The van der Waals surface area contributed by atoms with Gasteiger partial charge in [-0.15, -0.1) is 5.10 Å². The van der Waals surface area contributed by atoms with Gasteiger partial charge in [0.25, 0.3) is 5.91 Å². The molecule has 2 aromatic rings. The average molecular weight is 381 g/mol. The standard InChI is InChI=1S/C21H27N5O2/c1-14-3-4-17(7-15(14)2)10-25-11-18(8-20(25)27)12-26-13-19(23-24-26)21(28)22-9-16-5-6-16/h3-4,7,13,16,18H,5-6,8-12H2,1-2H3,(H,22,28). The molecule has 1 aromatic heterocycles. The van der Waals surface area contributed by atoms with Crippen molar-refractivity contribution in [3.8, 4) is 0 Å². The maximum atomic E-state index is 12.4. The Balaban J connectivity index is 1.31. The Bertz CT molecular complexity index is 887. The van der Waals surface area contributed by atoms with Crippen LogP contribution in [0.25, 0.3) is 0 Å². The molecule has 148 valence electrons. The first-order valence-corrected chi connectivity index (χ1v) is 10.00. The zero-order valence-electron chi connectivity index (χ0n) is 16.5. The van der Waals surface area contributed by atoms with E-state index in [1.54, 1.807) is 10.9 Å². The summed E-state index contributed by atoms with van der Waals surface area (Å²) in [5.41, 5.74) is 4.01. The molecule has 1 N–H and O–H groups in total. The Labute approximate surface area is 165 Å². The van der Waals surface area contributed by atoms with Crippen molar-refractivity contribution in [1.29, 1.82) is 0 Å².